The fraction of sp³-hybridized carbons (Fsp3) is 0.368. The number of fused-ring (bicyclic) bond motifs is 3. The quantitative estimate of drug-likeness (QED) is 0.646. The summed E-state index contributed by atoms with van der Waals surface area (Å²) in [6, 6.07) is 3.81. The van der Waals surface area contributed by atoms with Crippen LogP contribution in [0.2, 0.25) is 0 Å². The van der Waals surface area contributed by atoms with E-state index in [4.69, 9.17) is 11.2 Å². The lowest BCUT2D eigenvalue weighted by Gasteiger charge is -2.37. The minimum Gasteiger partial charge on any atom is -0.507 e. The van der Waals surface area contributed by atoms with Crippen LogP contribution >= 0.6 is 0 Å². The Hall–Kier alpha value is -2.14. The number of aryl methyl sites for hydroxylation is 1. The lowest BCUT2D eigenvalue weighted by atomic mass is 9.74. The van der Waals surface area contributed by atoms with E-state index in [1.165, 1.54) is 5.57 Å². The van der Waals surface area contributed by atoms with Crippen molar-refractivity contribution >= 4 is 0 Å². The number of ether oxygens (including phenoxy) is 1. The van der Waals surface area contributed by atoms with Gasteiger partial charge in [0.05, 0.1) is 0 Å². The SMILES string of the molecule is C#CCCc1cc(O)c2c(c1)OC(=C)[C@@H]1CCC(C)=C[C@@H]21. The molecule has 0 unspecified atom stereocenters. The minimum absolute atomic E-state index is 0.177. The van der Waals surface area contributed by atoms with Crippen LogP contribution < -0.4 is 4.74 Å². The zero-order valence-electron chi connectivity index (χ0n) is 12.4. The molecule has 0 fully saturated rings. The summed E-state index contributed by atoms with van der Waals surface area (Å²) in [5.41, 5.74) is 3.27. The molecule has 3 rings (SSSR count). The average Bonchev–Trinajstić information content (AvgIpc) is 2.44. The zero-order valence-corrected chi connectivity index (χ0v) is 12.4. The molecule has 2 nitrogen and oxygen atoms in total. The highest BCUT2D eigenvalue weighted by atomic mass is 16.5. The summed E-state index contributed by atoms with van der Waals surface area (Å²) in [7, 11) is 0. The van der Waals surface area contributed by atoms with E-state index in [2.05, 4.69) is 25.5 Å². The fourth-order valence-corrected chi connectivity index (χ4v) is 3.38. The van der Waals surface area contributed by atoms with Gasteiger partial charge in [0.1, 0.15) is 17.3 Å². The molecule has 0 aromatic heterocycles. The molecule has 0 spiro atoms. The van der Waals surface area contributed by atoms with Crippen molar-refractivity contribution < 1.29 is 9.84 Å². The van der Waals surface area contributed by atoms with Crippen molar-refractivity contribution in [2.24, 2.45) is 5.92 Å². The number of hydrogen-bond donors (Lipinski definition) is 1. The highest BCUT2D eigenvalue weighted by Gasteiger charge is 2.36. The van der Waals surface area contributed by atoms with Crippen molar-refractivity contribution in [1.29, 1.82) is 0 Å². The fourth-order valence-electron chi connectivity index (χ4n) is 3.38. The Morgan fingerprint density at radius 2 is 2.29 bits per heavy atom. The standard InChI is InChI=1S/C19H20O2/c1-4-5-6-14-10-17(20)19-16-9-12(2)7-8-15(16)13(3)21-18(19)11-14/h1,9-11,15-16,20H,3,5-8H2,2H3/t15-,16+/m0/s1. The van der Waals surface area contributed by atoms with Crippen molar-refractivity contribution in [2.75, 3.05) is 0 Å². The van der Waals surface area contributed by atoms with Gasteiger partial charge in [-0.2, -0.15) is 0 Å². The first kappa shape index (κ1) is 13.8. The summed E-state index contributed by atoms with van der Waals surface area (Å²) in [4.78, 5) is 0. The molecule has 2 heteroatoms. The molecule has 0 saturated heterocycles. The van der Waals surface area contributed by atoms with Crippen LogP contribution in [-0.2, 0) is 6.42 Å². The molecule has 0 radical (unpaired) electrons. The third kappa shape index (κ3) is 2.45. The summed E-state index contributed by atoms with van der Waals surface area (Å²) in [6.45, 7) is 6.22. The average molecular weight is 280 g/mol. The molecule has 1 aromatic carbocycles. The molecule has 0 saturated carbocycles. The summed E-state index contributed by atoms with van der Waals surface area (Å²) < 4.78 is 5.90. The van der Waals surface area contributed by atoms with Crippen molar-refractivity contribution in [3.63, 3.8) is 0 Å². The monoisotopic (exact) mass is 280 g/mol. The molecule has 1 aliphatic heterocycles. The third-order valence-corrected chi connectivity index (χ3v) is 4.47. The van der Waals surface area contributed by atoms with Crippen LogP contribution in [0.5, 0.6) is 11.5 Å². The first-order valence-electron chi connectivity index (χ1n) is 7.43. The number of rotatable bonds is 2. The Kier molecular flexibility index (Phi) is 3.51. The van der Waals surface area contributed by atoms with E-state index >= 15 is 0 Å². The van der Waals surface area contributed by atoms with E-state index in [9.17, 15) is 5.11 Å². The molecule has 21 heavy (non-hydrogen) atoms. The molecule has 1 aliphatic carbocycles. The Balaban J connectivity index is 2.06. The van der Waals surface area contributed by atoms with Gasteiger partial charge in [-0.25, -0.2) is 0 Å². The van der Waals surface area contributed by atoms with E-state index in [1.807, 2.05) is 12.1 Å². The number of phenols is 1. The Morgan fingerprint density at radius 3 is 3.05 bits per heavy atom. The predicted octanol–water partition coefficient (Wildman–Crippen LogP) is 4.30. The van der Waals surface area contributed by atoms with Crippen LogP contribution in [0.1, 0.15) is 43.2 Å². The molecule has 0 amide bonds. The van der Waals surface area contributed by atoms with Crippen LogP contribution in [0.3, 0.4) is 0 Å². The second-order valence-electron chi connectivity index (χ2n) is 5.98. The van der Waals surface area contributed by atoms with Crippen LogP contribution in [0.25, 0.3) is 0 Å². The normalized spacial score (nSPS) is 23.4. The number of benzene rings is 1. The largest absolute Gasteiger partial charge is 0.507 e. The van der Waals surface area contributed by atoms with Crippen molar-refractivity contribution in [3.8, 4) is 23.8 Å². The molecule has 1 aromatic rings. The summed E-state index contributed by atoms with van der Waals surface area (Å²) in [6.07, 6.45) is 11.1. The first-order valence-corrected chi connectivity index (χ1v) is 7.43. The summed E-state index contributed by atoms with van der Waals surface area (Å²) >= 11 is 0. The van der Waals surface area contributed by atoms with Gasteiger partial charge in [0.25, 0.3) is 0 Å². The van der Waals surface area contributed by atoms with Crippen LogP contribution in [0.4, 0.5) is 0 Å². The molecular weight excluding hydrogens is 260 g/mol. The third-order valence-electron chi connectivity index (χ3n) is 4.47. The van der Waals surface area contributed by atoms with E-state index < -0.39 is 0 Å². The topological polar surface area (TPSA) is 29.5 Å². The number of terminal acetylenes is 1. The molecule has 108 valence electrons. The maximum atomic E-state index is 10.5. The van der Waals surface area contributed by atoms with E-state index in [0.29, 0.717) is 12.2 Å². The van der Waals surface area contributed by atoms with Gasteiger partial charge in [0, 0.05) is 23.8 Å². The van der Waals surface area contributed by atoms with Crippen LogP contribution in [0.15, 0.2) is 36.1 Å². The molecule has 2 atom stereocenters. The van der Waals surface area contributed by atoms with Gasteiger partial charge < -0.3 is 9.84 Å². The summed E-state index contributed by atoms with van der Waals surface area (Å²) in [5, 5.41) is 10.5. The Bertz CT molecular complexity index is 661. The molecule has 2 aliphatic rings. The van der Waals surface area contributed by atoms with E-state index in [0.717, 1.165) is 41.9 Å². The lowest BCUT2D eigenvalue weighted by Crippen LogP contribution is -2.25. The number of hydrogen-bond acceptors (Lipinski definition) is 2. The van der Waals surface area contributed by atoms with Gasteiger partial charge in [-0.1, -0.05) is 18.2 Å². The Morgan fingerprint density at radius 1 is 1.48 bits per heavy atom. The zero-order chi connectivity index (χ0) is 15.0. The number of allylic oxidation sites excluding steroid dienone is 3. The smallest absolute Gasteiger partial charge is 0.134 e. The second-order valence-corrected chi connectivity index (χ2v) is 5.98. The number of phenolic OH excluding ortho intramolecular Hbond substituents is 1. The van der Waals surface area contributed by atoms with Gasteiger partial charge in [-0.3, -0.25) is 0 Å². The van der Waals surface area contributed by atoms with Crippen molar-refractivity contribution in [2.45, 2.75) is 38.5 Å². The predicted molar refractivity (Wildman–Crippen MR) is 84.3 cm³/mol. The highest BCUT2D eigenvalue weighted by molar-refractivity contribution is 5.54. The maximum Gasteiger partial charge on any atom is 0.134 e. The first-order chi connectivity index (χ1) is 10.1. The molecular formula is C19H20O2. The second kappa shape index (κ2) is 5.33. The molecule has 1 heterocycles. The van der Waals surface area contributed by atoms with Crippen molar-refractivity contribution in [3.05, 3.63) is 47.2 Å². The number of aromatic hydroxyl groups is 1. The van der Waals surface area contributed by atoms with Crippen LogP contribution in [-0.4, -0.2) is 5.11 Å². The van der Waals surface area contributed by atoms with Crippen molar-refractivity contribution in [1.82, 2.24) is 0 Å². The lowest BCUT2D eigenvalue weighted by molar-refractivity contribution is 0.275. The maximum absolute atomic E-state index is 10.5. The van der Waals surface area contributed by atoms with Gasteiger partial charge in [0.2, 0.25) is 0 Å². The summed E-state index contributed by atoms with van der Waals surface area (Å²) in [5.74, 6) is 4.93. The van der Waals surface area contributed by atoms with E-state index in [1.54, 1.807) is 0 Å². The highest BCUT2D eigenvalue weighted by Crippen LogP contribution is 2.51. The van der Waals surface area contributed by atoms with Gasteiger partial charge >= 0.3 is 0 Å². The van der Waals surface area contributed by atoms with Crippen LogP contribution in [0, 0.1) is 18.3 Å². The van der Waals surface area contributed by atoms with Gasteiger partial charge in [0.15, 0.2) is 0 Å². The Labute approximate surface area is 126 Å². The molecule has 1 N–H and O–H groups in total. The van der Waals surface area contributed by atoms with Gasteiger partial charge in [-0.05, 0) is 43.9 Å². The van der Waals surface area contributed by atoms with Gasteiger partial charge in [-0.15, -0.1) is 12.3 Å². The minimum atomic E-state index is 0.177. The van der Waals surface area contributed by atoms with E-state index in [-0.39, 0.29) is 11.8 Å². The molecule has 0 bridgehead atoms.